The minimum atomic E-state index is -3.82. The number of rotatable bonds is 5. The van der Waals surface area contributed by atoms with Crippen LogP contribution in [0.25, 0.3) is 11.3 Å². The first-order valence-electron chi connectivity index (χ1n) is 7.77. The first kappa shape index (κ1) is 17.8. The molecule has 0 aliphatic rings. The number of nitrogens with two attached hydrogens (primary N) is 2. The second-order valence-electron chi connectivity index (χ2n) is 6.09. The highest BCUT2D eigenvalue weighted by Crippen LogP contribution is 2.33. The van der Waals surface area contributed by atoms with Crippen molar-refractivity contribution in [1.29, 1.82) is 0 Å². The second kappa shape index (κ2) is 6.40. The Morgan fingerprint density at radius 2 is 1.69 bits per heavy atom. The Labute approximate surface area is 151 Å². The molecule has 1 unspecified atom stereocenters. The molecule has 26 heavy (non-hydrogen) atoms. The Hall–Kier alpha value is -2.97. The van der Waals surface area contributed by atoms with Gasteiger partial charge in [-0.3, -0.25) is 9.89 Å². The Kier molecular flexibility index (Phi) is 4.39. The van der Waals surface area contributed by atoms with E-state index in [1.807, 2.05) is 30.3 Å². The van der Waals surface area contributed by atoms with Gasteiger partial charge >= 0.3 is 0 Å². The minimum absolute atomic E-state index is 0.0416. The molecule has 2 aromatic carbocycles. The zero-order chi connectivity index (χ0) is 18.9. The molecule has 0 saturated carbocycles. The van der Waals surface area contributed by atoms with E-state index in [1.54, 1.807) is 13.0 Å². The average Bonchev–Trinajstić information content (AvgIpc) is 3.11. The third kappa shape index (κ3) is 3.12. The first-order valence-corrected chi connectivity index (χ1v) is 9.32. The molecule has 0 radical (unpaired) electrons. The molecular weight excluding hydrogens is 352 g/mol. The largest absolute Gasteiger partial charge is 0.369 e. The van der Waals surface area contributed by atoms with Gasteiger partial charge < -0.3 is 5.73 Å². The van der Waals surface area contributed by atoms with Crippen LogP contribution in [0.15, 0.2) is 65.6 Å². The van der Waals surface area contributed by atoms with Crippen LogP contribution in [0.4, 0.5) is 0 Å². The van der Waals surface area contributed by atoms with Crippen molar-refractivity contribution >= 4 is 15.9 Å². The monoisotopic (exact) mass is 370 g/mol. The number of aromatic nitrogens is 2. The summed E-state index contributed by atoms with van der Waals surface area (Å²) < 4.78 is 22.9. The van der Waals surface area contributed by atoms with Crippen molar-refractivity contribution in [2.75, 3.05) is 0 Å². The SMILES string of the molecule is CC(C(N)=O)(c1ccc(S(N)(=O)=O)cc1)c1cc(-c2ccccc2)[nH]n1. The van der Waals surface area contributed by atoms with Crippen LogP contribution in [-0.2, 0) is 20.2 Å². The molecular formula is C18H18N4O3S. The molecule has 1 amide bonds. The number of H-pyrrole nitrogens is 1. The van der Waals surface area contributed by atoms with Gasteiger partial charge in [0.2, 0.25) is 15.9 Å². The lowest BCUT2D eigenvalue weighted by molar-refractivity contribution is -0.121. The molecule has 0 saturated heterocycles. The van der Waals surface area contributed by atoms with Crippen LogP contribution in [-0.4, -0.2) is 24.5 Å². The van der Waals surface area contributed by atoms with Gasteiger partial charge in [0.25, 0.3) is 0 Å². The smallest absolute Gasteiger partial charge is 0.238 e. The number of aromatic amines is 1. The fourth-order valence-electron chi connectivity index (χ4n) is 2.74. The molecule has 0 spiro atoms. The normalized spacial score (nSPS) is 13.9. The predicted octanol–water partition coefficient (Wildman–Crippen LogP) is 1.52. The van der Waals surface area contributed by atoms with Crippen molar-refractivity contribution in [3.63, 3.8) is 0 Å². The van der Waals surface area contributed by atoms with Gasteiger partial charge in [0.15, 0.2) is 0 Å². The molecule has 1 aromatic heterocycles. The number of nitrogens with zero attached hydrogens (tertiary/aromatic N) is 1. The fourth-order valence-corrected chi connectivity index (χ4v) is 3.25. The molecule has 7 nitrogen and oxygen atoms in total. The van der Waals surface area contributed by atoms with Gasteiger partial charge in [-0.05, 0) is 36.2 Å². The molecule has 3 rings (SSSR count). The third-order valence-electron chi connectivity index (χ3n) is 4.43. The number of amides is 1. The van der Waals surface area contributed by atoms with E-state index in [4.69, 9.17) is 10.9 Å². The number of carbonyl (C=O) groups excluding carboxylic acids is 1. The van der Waals surface area contributed by atoms with Gasteiger partial charge in [0.05, 0.1) is 16.3 Å². The molecule has 8 heteroatoms. The Morgan fingerprint density at radius 3 is 2.23 bits per heavy atom. The van der Waals surface area contributed by atoms with Gasteiger partial charge in [-0.15, -0.1) is 0 Å². The van der Waals surface area contributed by atoms with E-state index in [0.29, 0.717) is 11.3 Å². The number of benzene rings is 2. The summed E-state index contributed by atoms with van der Waals surface area (Å²) in [5.74, 6) is -0.605. The summed E-state index contributed by atoms with van der Waals surface area (Å²) in [7, 11) is -3.82. The lowest BCUT2D eigenvalue weighted by Gasteiger charge is -2.24. The summed E-state index contributed by atoms with van der Waals surface area (Å²) in [6, 6.07) is 17.0. The van der Waals surface area contributed by atoms with E-state index in [2.05, 4.69) is 10.2 Å². The van der Waals surface area contributed by atoms with Gasteiger partial charge in [-0.1, -0.05) is 42.5 Å². The summed E-state index contributed by atoms with van der Waals surface area (Å²) in [5.41, 5.74) is 7.05. The molecule has 0 fully saturated rings. The van der Waals surface area contributed by atoms with E-state index in [1.165, 1.54) is 24.3 Å². The van der Waals surface area contributed by atoms with Crippen LogP contribution < -0.4 is 10.9 Å². The van der Waals surface area contributed by atoms with E-state index >= 15 is 0 Å². The van der Waals surface area contributed by atoms with Crippen molar-refractivity contribution in [3.8, 4) is 11.3 Å². The van der Waals surface area contributed by atoms with Crippen molar-refractivity contribution in [1.82, 2.24) is 10.2 Å². The molecule has 134 valence electrons. The maximum Gasteiger partial charge on any atom is 0.238 e. The van der Waals surface area contributed by atoms with Crippen LogP contribution in [0.1, 0.15) is 18.2 Å². The average molecular weight is 370 g/mol. The molecule has 5 N–H and O–H groups in total. The number of carbonyl (C=O) groups is 1. The maximum absolute atomic E-state index is 12.3. The molecule has 1 heterocycles. The zero-order valence-corrected chi connectivity index (χ0v) is 14.8. The maximum atomic E-state index is 12.3. The Balaban J connectivity index is 2.06. The fraction of sp³-hybridized carbons (Fsp3) is 0.111. The highest BCUT2D eigenvalue weighted by molar-refractivity contribution is 7.89. The zero-order valence-electron chi connectivity index (χ0n) is 14.0. The topological polar surface area (TPSA) is 132 Å². The lowest BCUT2D eigenvalue weighted by atomic mass is 9.78. The van der Waals surface area contributed by atoms with Crippen LogP contribution in [0, 0.1) is 0 Å². The van der Waals surface area contributed by atoms with E-state index in [9.17, 15) is 13.2 Å². The Bertz CT molecular complexity index is 1040. The summed E-state index contributed by atoms with van der Waals surface area (Å²) >= 11 is 0. The van der Waals surface area contributed by atoms with Gasteiger partial charge in [0.1, 0.15) is 5.41 Å². The highest BCUT2D eigenvalue weighted by atomic mass is 32.2. The molecule has 0 bridgehead atoms. The summed E-state index contributed by atoms with van der Waals surface area (Å²) in [4.78, 5) is 12.2. The molecule has 1 atom stereocenters. The van der Waals surface area contributed by atoms with Crippen LogP contribution >= 0.6 is 0 Å². The quantitative estimate of drug-likeness (QED) is 0.628. The standard InChI is InChI=1S/C18H18N4O3S/c1-18(17(19)23,13-7-9-14(10-8-13)26(20,24)25)16-11-15(21-22-16)12-5-3-2-4-6-12/h2-11H,1H3,(H2,19,23)(H,21,22)(H2,20,24,25). The number of sulfonamides is 1. The number of primary sulfonamides is 1. The number of hydrogen-bond acceptors (Lipinski definition) is 4. The van der Waals surface area contributed by atoms with Crippen molar-refractivity contribution in [2.24, 2.45) is 10.9 Å². The lowest BCUT2D eigenvalue weighted by Crippen LogP contribution is -2.40. The van der Waals surface area contributed by atoms with Gasteiger partial charge in [0, 0.05) is 0 Å². The van der Waals surface area contributed by atoms with Crippen LogP contribution in [0.5, 0.6) is 0 Å². The van der Waals surface area contributed by atoms with Gasteiger partial charge in [-0.2, -0.15) is 5.10 Å². The van der Waals surface area contributed by atoms with Gasteiger partial charge in [-0.25, -0.2) is 13.6 Å². The van der Waals surface area contributed by atoms with E-state index in [-0.39, 0.29) is 4.90 Å². The molecule has 0 aliphatic heterocycles. The van der Waals surface area contributed by atoms with Crippen molar-refractivity contribution in [2.45, 2.75) is 17.2 Å². The minimum Gasteiger partial charge on any atom is -0.369 e. The third-order valence-corrected chi connectivity index (χ3v) is 5.36. The number of primary amides is 1. The summed E-state index contributed by atoms with van der Waals surface area (Å²) in [6.45, 7) is 1.65. The molecule has 3 aromatic rings. The van der Waals surface area contributed by atoms with Crippen LogP contribution in [0.2, 0.25) is 0 Å². The summed E-state index contributed by atoms with van der Waals surface area (Å²) in [6.07, 6.45) is 0. The van der Waals surface area contributed by atoms with Crippen LogP contribution in [0.3, 0.4) is 0 Å². The van der Waals surface area contributed by atoms with Crippen molar-refractivity contribution in [3.05, 3.63) is 71.9 Å². The highest BCUT2D eigenvalue weighted by Gasteiger charge is 2.38. The van der Waals surface area contributed by atoms with E-state index in [0.717, 1.165) is 11.3 Å². The Morgan fingerprint density at radius 1 is 1.08 bits per heavy atom. The van der Waals surface area contributed by atoms with Crippen molar-refractivity contribution < 1.29 is 13.2 Å². The predicted molar refractivity (Wildman–Crippen MR) is 97.5 cm³/mol. The van der Waals surface area contributed by atoms with E-state index < -0.39 is 21.3 Å². The number of hydrogen-bond donors (Lipinski definition) is 3. The second-order valence-corrected chi connectivity index (χ2v) is 7.65. The molecule has 0 aliphatic carbocycles. The number of nitrogens with one attached hydrogen (secondary N) is 1. The summed E-state index contributed by atoms with van der Waals surface area (Å²) in [5, 5.41) is 12.3. The first-order chi connectivity index (χ1) is 12.2.